The van der Waals surface area contributed by atoms with Crippen molar-refractivity contribution in [3.8, 4) is 72.7 Å². The lowest BCUT2D eigenvalue weighted by atomic mass is 9.91. The lowest BCUT2D eigenvalue weighted by Gasteiger charge is -2.29. The van der Waals surface area contributed by atoms with E-state index in [0.29, 0.717) is 0 Å². The van der Waals surface area contributed by atoms with Gasteiger partial charge in [-0.3, -0.25) is 3.79 Å². The molecule has 26 rings (SSSR count). The number of benzene rings is 18. The molecule has 0 spiro atoms. The molecule has 0 radical (unpaired) electrons. The minimum Gasteiger partial charge on any atom is -0.329 e. The van der Waals surface area contributed by atoms with Crippen LogP contribution in [-0.4, -0.2) is 26.5 Å². The molecule has 118 heavy (non-hydrogen) atoms. The summed E-state index contributed by atoms with van der Waals surface area (Å²) in [5.41, 5.74) is 33.0. The maximum Gasteiger partial charge on any atom is 0.0892 e. The highest BCUT2D eigenvalue weighted by Gasteiger charge is 2.35. The van der Waals surface area contributed by atoms with E-state index in [9.17, 15) is 0 Å². The quantitative estimate of drug-likeness (QED) is 0.152. The number of aromatic nitrogens is 6. The average Bonchev–Trinajstić information content (AvgIpc) is 1.54. The Morgan fingerprint density at radius 3 is 1.14 bits per heavy atom. The first kappa shape index (κ1) is 67.5. The predicted octanol–water partition coefficient (Wildman–Crippen LogP) is 30.1. The van der Waals surface area contributed by atoms with Crippen molar-refractivity contribution in [2.75, 3.05) is 0 Å². The Balaban J connectivity index is 0.000000116. The highest BCUT2D eigenvalue weighted by Crippen LogP contribution is 2.50. The van der Waals surface area contributed by atoms with Crippen LogP contribution in [0.3, 0.4) is 0 Å². The number of nitrogens with zero attached hydrogens (tertiary/aromatic N) is 6. The summed E-state index contributed by atoms with van der Waals surface area (Å²) in [5.74, 6) is 0. The first-order chi connectivity index (χ1) is 58.3. The minimum atomic E-state index is -0.181. The number of hydrogen-bond acceptors (Lipinski definition) is 1. The molecule has 0 saturated carbocycles. The number of rotatable bonds is 7. The first-order valence-corrected chi connectivity index (χ1v) is 41.5. The molecule has 7 aromatic heterocycles. The lowest BCUT2D eigenvalue weighted by Crippen LogP contribution is -2.27. The monoisotopic (exact) mass is 1520 g/mol. The van der Waals surface area contributed by atoms with Gasteiger partial charge in [0.25, 0.3) is 0 Å². The van der Waals surface area contributed by atoms with Gasteiger partial charge in [0.2, 0.25) is 0 Å². The Hall–Kier alpha value is -15.0. The van der Waals surface area contributed by atoms with E-state index in [2.05, 4.69) is 453 Å². The van der Waals surface area contributed by atoms with Crippen molar-refractivity contribution in [1.29, 1.82) is 0 Å². The van der Waals surface area contributed by atoms with Gasteiger partial charge in [0.1, 0.15) is 0 Å². The molecule has 0 bridgehead atoms. The van der Waals surface area contributed by atoms with Crippen LogP contribution in [0.5, 0.6) is 0 Å². The van der Waals surface area contributed by atoms with Gasteiger partial charge in [-0.1, -0.05) is 315 Å². The number of para-hydroxylation sites is 9. The van der Waals surface area contributed by atoms with E-state index in [1.807, 2.05) is 11.5 Å². The zero-order valence-electron chi connectivity index (χ0n) is 64.9. The van der Waals surface area contributed by atoms with Crippen molar-refractivity contribution in [1.82, 2.24) is 26.5 Å². The normalized spacial score (nSPS) is 12.6. The molecule has 0 unspecified atom stereocenters. The van der Waals surface area contributed by atoms with Crippen LogP contribution < -0.4 is 0 Å². The third-order valence-corrected chi connectivity index (χ3v) is 26.1. The fourth-order valence-corrected chi connectivity index (χ4v) is 20.9. The maximum absolute atomic E-state index is 2.56. The SMILES string of the molecule is CC1(C)c2cccc3c4ccccc4n(c23)-c2cccc3c4ccccc4n1c23.c1ccc(-c2cc(-c3ccccc3)cc(-n3c4ccccc4c4cc(-c5ccc6c7ccccc7n(-c7cc(-c8ccccc8)cc(-c8ccccc8)c7)c6c5)ccc43)c2)cc1.c1ccc2c(c1)sn1c3ccccc3c3ccc4c5ccccc5n2c4c31. The first-order valence-electron chi connectivity index (χ1n) is 40.7. The number of fused-ring (bicyclic) bond motifs is 21. The van der Waals surface area contributed by atoms with Crippen LogP contribution in [0.15, 0.2) is 413 Å². The molecule has 0 amide bonds. The fraction of sp³-hybridized carbons (Fsp3) is 0.0270. The van der Waals surface area contributed by atoms with Crippen molar-refractivity contribution >= 4 is 153 Å². The Morgan fingerprint density at radius 2 is 0.568 bits per heavy atom. The third-order valence-electron chi connectivity index (χ3n) is 25.0. The van der Waals surface area contributed by atoms with Gasteiger partial charge in [-0.15, -0.1) is 0 Å². The summed E-state index contributed by atoms with van der Waals surface area (Å²) < 4.78 is 16.1. The molecule has 0 fully saturated rings. The van der Waals surface area contributed by atoms with E-state index < -0.39 is 0 Å². The van der Waals surface area contributed by atoms with E-state index in [4.69, 9.17) is 0 Å². The third kappa shape index (κ3) is 10.3. The topological polar surface area (TPSA) is 28.5 Å². The van der Waals surface area contributed by atoms with E-state index in [-0.39, 0.29) is 5.54 Å². The second-order valence-corrected chi connectivity index (χ2v) is 32.9. The van der Waals surface area contributed by atoms with Crippen molar-refractivity contribution < 1.29 is 0 Å². The van der Waals surface area contributed by atoms with E-state index >= 15 is 0 Å². The van der Waals surface area contributed by atoms with Crippen molar-refractivity contribution in [3.63, 3.8) is 0 Å². The molecule has 0 atom stereocenters. The zero-order chi connectivity index (χ0) is 77.8. The summed E-state index contributed by atoms with van der Waals surface area (Å²) in [6.45, 7) is 4.72. The van der Waals surface area contributed by atoms with Gasteiger partial charge in [-0.05, 0) is 179 Å². The summed E-state index contributed by atoms with van der Waals surface area (Å²) >= 11 is 1.83. The largest absolute Gasteiger partial charge is 0.329 e. The molecule has 1 aliphatic heterocycles. The molecular formula is C111H74N6S. The van der Waals surface area contributed by atoms with E-state index in [1.165, 1.54) is 208 Å². The molecule has 554 valence electrons. The minimum absolute atomic E-state index is 0.181. The standard InChI is InChI=1S/C60H40N2.C27H20N2.C24H14N2S/c1-5-17-41(18-6-1)47-33-48(42-19-7-2-8-20-42)36-51(35-47)61-58-28-16-14-26-54(58)56-39-45(30-32-59(56)61)46-29-31-55-53-25-13-15-27-57(53)62(60(55)40-46)52-37-49(43-21-9-3-10-22-43)34-50(38-52)44-23-11-4-12-24-44;1-27(2)21-13-7-11-19-17-9-3-5-14-22(17)28(25(19)21)24-16-8-12-20-18-10-4-6-15-23(18)29(27)26(20)24;1-3-9-19-15(7-1)17-13-14-18-16-8-2-4-10-20(16)26-24(18)23(17)25(19)21-11-5-6-12-22(21)27-26/h1-40H;3-16H,1-2H3;1-14H. The van der Waals surface area contributed by atoms with Crippen LogP contribution in [0, 0.1) is 0 Å². The second kappa shape index (κ2) is 26.5. The lowest BCUT2D eigenvalue weighted by molar-refractivity contribution is 0.470. The zero-order valence-corrected chi connectivity index (χ0v) is 65.7. The Labute approximate surface area is 684 Å². The van der Waals surface area contributed by atoms with Gasteiger partial charge in [-0.2, -0.15) is 0 Å². The van der Waals surface area contributed by atoms with Crippen LogP contribution in [0.4, 0.5) is 0 Å². The van der Waals surface area contributed by atoms with Gasteiger partial charge < -0.3 is 22.7 Å². The second-order valence-electron chi connectivity index (χ2n) is 31.9. The molecule has 18 aromatic carbocycles. The maximum atomic E-state index is 2.56. The summed E-state index contributed by atoms with van der Waals surface area (Å²) in [7, 11) is 0. The molecule has 6 nitrogen and oxygen atoms in total. The molecule has 8 heterocycles. The van der Waals surface area contributed by atoms with Gasteiger partial charge in [0.15, 0.2) is 0 Å². The molecule has 0 N–H and O–H groups in total. The summed E-state index contributed by atoms with van der Waals surface area (Å²) in [6, 6.07) is 151. The average molecular weight is 1520 g/mol. The van der Waals surface area contributed by atoms with Crippen LogP contribution in [0.25, 0.3) is 214 Å². The van der Waals surface area contributed by atoms with Gasteiger partial charge in [-0.25, -0.2) is 0 Å². The molecular weight excluding hydrogens is 1450 g/mol. The molecule has 7 heteroatoms. The smallest absolute Gasteiger partial charge is 0.0892 e. The molecule has 0 saturated heterocycles. The summed E-state index contributed by atoms with van der Waals surface area (Å²) in [4.78, 5) is 0. The highest BCUT2D eigenvalue weighted by molar-refractivity contribution is 7.13. The van der Waals surface area contributed by atoms with Crippen LogP contribution in [-0.2, 0) is 5.54 Å². The molecule has 1 aliphatic rings. The fourth-order valence-electron chi connectivity index (χ4n) is 19.8. The molecule has 0 aliphatic carbocycles. The Bertz CT molecular complexity index is 8280. The van der Waals surface area contributed by atoms with Crippen molar-refractivity contribution in [2.24, 2.45) is 0 Å². The summed E-state index contributed by atoms with van der Waals surface area (Å²) in [6.07, 6.45) is 0. The van der Waals surface area contributed by atoms with Crippen LogP contribution in [0.2, 0.25) is 0 Å². The van der Waals surface area contributed by atoms with Gasteiger partial charge >= 0.3 is 0 Å². The molecule has 25 aromatic rings. The van der Waals surface area contributed by atoms with Gasteiger partial charge in [0, 0.05) is 87.1 Å². The predicted molar refractivity (Wildman–Crippen MR) is 501 cm³/mol. The Kier molecular flexibility index (Phi) is 15.2. The highest BCUT2D eigenvalue weighted by atomic mass is 32.1. The summed E-state index contributed by atoms with van der Waals surface area (Å²) in [5, 5.41) is 15.5. The van der Waals surface area contributed by atoms with Crippen LogP contribution >= 0.6 is 11.5 Å². The van der Waals surface area contributed by atoms with E-state index in [0.717, 1.165) is 11.4 Å². The van der Waals surface area contributed by atoms with E-state index in [1.54, 1.807) is 0 Å². The number of hydrogen-bond donors (Lipinski definition) is 0. The van der Waals surface area contributed by atoms with Crippen molar-refractivity contribution in [2.45, 2.75) is 19.4 Å². The van der Waals surface area contributed by atoms with Crippen molar-refractivity contribution in [3.05, 3.63) is 418 Å². The Morgan fingerprint density at radius 1 is 0.203 bits per heavy atom. The van der Waals surface area contributed by atoms with Gasteiger partial charge in [0.05, 0.1) is 82.1 Å². The van der Waals surface area contributed by atoms with Crippen LogP contribution in [0.1, 0.15) is 19.4 Å².